The maximum absolute atomic E-state index is 6.12. The second-order valence-corrected chi connectivity index (χ2v) is 8.18. The van der Waals surface area contributed by atoms with Crippen molar-refractivity contribution in [3.05, 3.63) is 84.6 Å². The fourth-order valence-corrected chi connectivity index (χ4v) is 4.59. The molecule has 1 aliphatic heterocycles. The number of para-hydroxylation sites is 1. The number of pyridine rings is 1. The van der Waals surface area contributed by atoms with Crippen LogP contribution in [0.25, 0.3) is 33.4 Å². The Kier molecular flexibility index (Phi) is 4.49. The van der Waals surface area contributed by atoms with E-state index in [0.717, 1.165) is 58.9 Å². The first-order valence-corrected chi connectivity index (χ1v) is 10.9. The van der Waals surface area contributed by atoms with Crippen LogP contribution in [0.15, 0.2) is 73.2 Å². The third kappa shape index (κ3) is 3.24. The van der Waals surface area contributed by atoms with E-state index in [9.17, 15) is 0 Å². The lowest BCUT2D eigenvalue weighted by Crippen LogP contribution is -2.12. The first-order chi connectivity index (χ1) is 15.8. The van der Waals surface area contributed by atoms with Crippen molar-refractivity contribution in [3.63, 3.8) is 0 Å². The van der Waals surface area contributed by atoms with Gasteiger partial charge in [-0.05, 0) is 66.4 Å². The smallest absolute Gasteiger partial charge is 0.148 e. The molecule has 5 aromatic rings. The number of aromatic nitrogens is 5. The first-order valence-electron chi connectivity index (χ1n) is 10.9. The van der Waals surface area contributed by atoms with Crippen LogP contribution in [-0.4, -0.2) is 24.3 Å². The molecular formula is C26H23N5O. The zero-order valence-corrected chi connectivity index (χ0v) is 17.9. The lowest BCUT2D eigenvalue weighted by molar-refractivity contribution is 0.289. The Morgan fingerprint density at radius 3 is 2.66 bits per heavy atom. The van der Waals surface area contributed by atoms with Gasteiger partial charge in [0.25, 0.3) is 0 Å². The summed E-state index contributed by atoms with van der Waals surface area (Å²) in [5.74, 6) is 1.81. The molecule has 2 aromatic carbocycles. The van der Waals surface area contributed by atoms with Crippen LogP contribution in [-0.2, 0) is 26.6 Å². The lowest BCUT2D eigenvalue weighted by atomic mass is 10.0. The molecule has 4 heterocycles. The summed E-state index contributed by atoms with van der Waals surface area (Å²) in [6.45, 7) is 1.46. The van der Waals surface area contributed by atoms with Gasteiger partial charge >= 0.3 is 0 Å². The molecule has 3 aromatic heterocycles. The van der Waals surface area contributed by atoms with Crippen LogP contribution in [0, 0.1) is 0 Å². The van der Waals surface area contributed by atoms with E-state index >= 15 is 0 Å². The topological polar surface area (TPSA) is 57.8 Å². The van der Waals surface area contributed by atoms with E-state index in [2.05, 4.69) is 45.0 Å². The average Bonchev–Trinajstić information content (AvgIpc) is 3.41. The van der Waals surface area contributed by atoms with Crippen LogP contribution in [0.1, 0.15) is 17.8 Å². The highest BCUT2D eigenvalue weighted by Gasteiger charge is 2.18. The highest BCUT2D eigenvalue weighted by molar-refractivity contribution is 5.81. The van der Waals surface area contributed by atoms with Gasteiger partial charge in [0.1, 0.15) is 23.9 Å². The zero-order valence-electron chi connectivity index (χ0n) is 17.9. The summed E-state index contributed by atoms with van der Waals surface area (Å²) < 4.78 is 10.3. The molecule has 158 valence electrons. The van der Waals surface area contributed by atoms with E-state index in [1.807, 2.05) is 42.2 Å². The average molecular weight is 422 g/mol. The second kappa shape index (κ2) is 7.64. The fraction of sp³-hybridized carbons (Fsp3) is 0.192. The predicted molar refractivity (Wildman–Crippen MR) is 124 cm³/mol. The number of rotatable bonds is 5. The lowest BCUT2D eigenvalue weighted by Gasteiger charge is -2.16. The molecule has 0 unspecified atom stereocenters. The number of ether oxygens (including phenoxy) is 1. The molecule has 0 amide bonds. The summed E-state index contributed by atoms with van der Waals surface area (Å²) in [6, 6.07) is 18.5. The van der Waals surface area contributed by atoms with Gasteiger partial charge in [-0.3, -0.25) is 9.67 Å². The van der Waals surface area contributed by atoms with Gasteiger partial charge in [0.2, 0.25) is 0 Å². The van der Waals surface area contributed by atoms with Gasteiger partial charge in [0.05, 0.1) is 11.0 Å². The number of hydrogen-bond acceptors (Lipinski definition) is 4. The van der Waals surface area contributed by atoms with Crippen LogP contribution in [0.2, 0.25) is 0 Å². The Morgan fingerprint density at radius 1 is 0.969 bits per heavy atom. The summed E-state index contributed by atoms with van der Waals surface area (Å²) in [7, 11) is 1.94. The Hall–Kier alpha value is -3.93. The molecule has 0 radical (unpaired) electrons. The Labute approximate surface area is 186 Å². The van der Waals surface area contributed by atoms with E-state index < -0.39 is 0 Å². The van der Waals surface area contributed by atoms with E-state index in [4.69, 9.17) is 9.72 Å². The Balaban J connectivity index is 1.25. The molecule has 0 atom stereocenters. The van der Waals surface area contributed by atoms with Gasteiger partial charge in [0, 0.05) is 43.3 Å². The van der Waals surface area contributed by atoms with Crippen molar-refractivity contribution in [1.82, 2.24) is 24.3 Å². The van der Waals surface area contributed by atoms with Gasteiger partial charge < -0.3 is 9.30 Å². The number of aryl methyl sites for hydroxylation is 3. The molecule has 0 spiro atoms. The first kappa shape index (κ1) is 18.8. The minimum atomic E-state index is 0.458. The molecule has 1 aliphatic rings. The van der Waals surface area contributed by atoms with Crippen LogP contribution in [0.4, 0.5) is 0 Å². The van der Waals surface area contributed by atoms with E-state index in [-0.39, 0.29) is 0 Å². The molecule has 0 saturated heterocycles. The van der Waals surface area contributed by atoms with Gasteiger partial charge in [-0.2, -0.15) is 5.10 Å². The molecule has 32 heavy (non-hydrogen) atoms. The summed E-state index contributed by atoms with van der Waals surface area (Å²) in [5.41, 5.74) is 7.90. The van der Waals surface area contributed by atoms with Gasteiger partial charge in [0.15, 0.2) is 0 Å². The minimum absolute atomic E-state index is 0.458. The van der Waals surface area contributed by atoms with E-state index in [1.54, 1.807) is 12.4 Å². The normalized spacial score (nSPS) is 12.9. The van der Waals surface area contributed by atoms with Crippen LogP contribution >= 0.6 is 0 Å². The predicted octanol–water partition coefficient (Wildman–Crippen LogP) is 5.02. The number of nitrogens with zero attached hydrogens (tertiary/aromatic N) is 5. The molecule has 0 aliphatic carbocycles. The summed E-state index contributed by atoms with van der Waals surface area (Å²) in [4.78, 5) is 8.95. The third-order valence-electron chi connectivity index (χ3n) is 6.07. The maximum atomic E-state index is 6.12. The molecule has 0 N–H and O–H groups in total. The van der Waals surface area contributed by atoms with Crippen molar-refractivity contribution in [1.29, 1.82) is 0 Å². The van der Waals surface area contributed by atoms with E-state index in [1.165, 1.54) is 11.1 Å². The Morgan fingerprint density at radius 2 is 1.81 bits per heavy atom. The van der Waals surface area contributed by atoms with Crippen molar-refractivity contribution < 1.29 is 4.74 Å². The van der Waals surface area contributed by atoms with Crippen molar-refractivity contribution >= 4 is 11.0 Å². The van der Waals surface area contributed by atoms with Crippen molar-refractivity contribution in [3.8, 4) is 28.1 Å². The maximum Gasteiger partial charge on any atom is 0.148 e. The molecule has 0 bridgehead atoms. The monoisotopic (exact) mass is 421 g/mol. The minimum Gasteiger partial charge on any atom is -0.486 e. The molecule has 0 saturated carbocycles. The quantitative estimate of drug-likeness (QED) is 0.400. The molecule has 0 fully saturated rings. The molecule has 6 nitrogen and oxygen atoms in total. The Bertz CT molecular complexity index is 1400. The SMILES string of the molecule is Cn1cc(-c2ccncc2)c(-c2ccc(OCc3nc4cccc5c4n3CCC5)cc2)n1. The van der Waals surface area contributed by atoms with Crippen LogP contribution in [0.5, 0.6) is 5.75 Å². The highest BCUT2D eigenvalue weighted by Crippen LogP contribution is 2.32. The molecular weight excluding hydrogens is 398 g/mol. The largest absolute Gasteiger partial charge is 0.486 e. The van der Waals surface area contributed by atoms with Crippen LogP contribution in [0.3, 0.4) is 0 Å². The van der Waals surface area contributed by atoms with Crippen molar-refractivity contribution in [2.24, 2.45) is 7.05 Å². The fourth-order valence-electron chi connectivity index (χ4n) is 4.59. The number of benzene rings is 2. The van der Waals surface area contributed by atoms with Gasteiger partial charge in [-0.25, -0.2) is 4.98 Å². The summed E-state index contributed by atoms with van der Waals surface area (Å²) in [5, 5.41) is 4.68. The summed E-state index contributed by atoms with van der Waals surface area (Å²) in [6.07, 6.45) is 7.92. The van der Waals surface area contributed by atoms with Crippen molar-refractivity contribution in [2.75, 3.05) is 0 Å². The van der Waals surface area contributed by atoms with E-state index in [0.29, 0.717) is 6.61 Å². The molecule has 6 heteroatoms. The number of hydrogen-bond donors (Lipinski definition) is 0. The van der Waals surface area contributed by atoms with Crippen LogP contribution < -0.4 is 4.74 Å². The third-order valence-corrected chi connectivity index (χ3v) is 6.07. The van der Waals surface area contributed by atoms with Gasteiger partial charge in [-0.1, -0.05) is 12.1 Å². The second-order valence-electron chi connectivity index (χ2n) is 8.18. The van der Waals surface area contributed by atoms with Gasteiger partial charge in [-0.15, -0.1) is 0 Å². The summed E-state index contributed by atoms with van der Waals surface area (Å²) >= 11 is 0. The molecule has 6 rings (SSSR count). The van der Waals surface area contributed by atoms with Crippen molar-refractivity contribution in [2.45, 2.75) is 26.0 Å². The zero-order chi connectivity index (χ0) is 21.5. The highest BCUT2D eigenvalue weighted by atomic mass is 16.5. The number of imidazole rings is 1. The standard InChI is InChI=1S/C26H23N5O/c1-30-16-22(18-11-13-27-14-12-18)25(29-30)19-7-9-21(10-8-19)32-17-24-28-23-6-2-4-20-5-3-15-31(24)26(20)23/h2,4,6-14,16H,3,5,15,17H2,1H3.